The van der Waals surface area contributed by atoms with Gasteiger partial charge in [0.15, 0.2) is 11.6 Å². The molecule has 0 bridgehead atoms. The lowest BCUT2D eigenvalue weighted by Crippen LogP contribution is -2.58. The monoisotopic (exact) mass is 665 g/mol. The highest BCUT2D eigenvalue weighted by Gasteiger charge is 2.66. The van der Waals surface area contributed by atoms with Crippen LogP contribution in [0.2, 0.25) is 0 Å². The Hall–Kier alpha value is -5.63. The lowest BCUT2D eigenvalue weighted by Gasteiger charge is -2.55. The van der Waals surface area contributed by atoms with Crippen LogP contribution in [0.4, 0.5) is 0 Å². The van der Waals surface area contributed by atoms with E-state index in [0.29, 0.717) is 27.6 Å². The number of allylic oxidation sites excluding steroid dienone is 4. The summed E-state index contributed by atoms with van der Waals surface area (Å²) < 4.78 is 0. The van der Waals surface area contributed by atoms with Crippen molar-refractivity contribution in [2.24, 2.45) is 23.7 Å². The van der Waals surface area contributed by atoms with Gasteiger partial charge in [0.2, 0.25) is 11.8 Å². The van der Waals surface area contributed by atoms with Crippen molar-refractivity contribution >= 4 is 45.7 Å². The molecule has 1 heterocycles. The average molecular weight is 666 g/mol. The van der Waals surface area contributed by atoms with Crippen LogP contribution in [0.15, 0.2) is 115 Å². The summed E-state index contributed by atoms with van der Waals surface area (Å²) in [4.78, 5) is 70.6. The van der Waals surface area contributed by atoms with Crippen molar-refractivity contribution in [3.63, 3.8) is 0 Å². The molecule has 4 aromatic carbocycles. The second-order valence-electron chi connectivity index (χ2n) is 13.8. The van der Waals surface area contributed by atoms with E-state index in [4.69, 9.17) is 0 Å². The van der Waals surface area contributed by atoms with E-state index in [0.717, 1.165) is 11.0 Å². The summed E-state index contributed by atoms with van der Waals surface area (Å²) in [6.07, 6.45) is 3.81. The third-order valence-corrected chi connectivity index (χ3v) is 11.5. The zero-order valence-corrected chi connectivity index (χ0v) is 27.2. The number of phenols is 1. The molecule has 3 aliphatic carbocycles. The average Bonchev–Trinajstić information content (AvgIpc) is 3.38. The van der Waals surface area contributed by atoms with Gasteiger partial charge in [-0.15, -0.1) is 0 Å². The molecule has 8 rings (SSSR count). The number of nitrogens with zero attached hydrogens (tertiary/aromatic N) is 1. The zero-order chi connectivity index (χ0) is 34.7. The maximum absolute atomic E-state index is 15.2. The molecule has 8 nitrogen and oxygen atoms in total. The van der Waals surface area contributed by atoms with Crippen LogP contribution >= 0.6 is 0 Å². The summed E-state index contributed by atoms with van der Waals surface area (Å²) in [7, 11) is 0. The van der Waals surface area contributed by atoms with E-state index in [1.54, 1.807) is 12.1 Å². The highest BCUT2D eigenvalue weighted by molar-refractivity contribution is 6.31. The maximum atomic E-state index is 15.2. The van der Waals surface area contributed by atoms with E-state index in [1.165, 1.54) is 11.0 Å². The van der Waals surface area contributed by atoms with E-state index in [1.807, 2.05) is 91.0 Å². The highest BCUT2D eigenvalue weighted by Crippen LogP contribution is 2.64. The van der Waals surface area contributed by atoms with Gasteiger partial charge in [0.1, 0.15) is 5.75 Å². The first-order valence-electron chi connectivity index (χ1n) is 17.1. The minimum Gasteiger partial charge on any atom is -0.507 e. The number of carboxylic acids is 1. The molecule has 8 heteroatoms. The van der Waals surface area contributed by atoms with E-state index in [9.17, 15) is 24.6 Å². The van der Waals surface area contributed by atoms with Gasteiger partial charge in [0, 0.05) is 41.3 Å². The molecule has 2 N–H and O–H groups in total. The van der Waals surface area contributed by atoms with Gasteiger partial charge < -0.3 is 10.2 Å². The van der Waals surface area contributed by atoms with Gasteiger partial charge >= 0.3 is 5.97 Å². The number of benzene rings is 4. The van der Waals surface area contributed by atoms with Crippen molar-refractivity contribution in [1.82, 2.24) is 4.90 Å². The predicted octanol–water partition coefficient (Wildman–Crippen LogP) is 6.23. The van der Waals surface area contributed by atoms with Crippen molar-refractivity contribution in [3.8, 4) is 5.75 Å². The minimum absolute atomic E-state index is 0.00357. The summed E-state index contributed by atoms with van der Waals surface area (Å²) in [6.45, 7) is 0.00357. The Morgan fingerprint density at radius 3 is 2.26 bits per heavy atom. The fourth-order valence-electron chi connectivity index (χ4n) is 9.40. The number of ketones is 2. The molecule has 2 fully saturated rings. The normalized spacial score (nSPS) is 27.4. The highest BCUT2D eigenvalue weighted by atomic mass is 16.4. The van der Waals surface area contributed by atoms with Crippen LogP contribution in [0.3, 0.4) is 0 Å². The molecule has 1 aliphatic heterocycles. The van der Waals surface area contributed by atoms with Crippen LogP contribution in [0.1, 0.15) is 48.3 Å². The number of hydrogen-bond donors (Lipinski definition) is 2. The van der Waals surface area contributed by atoms with E-state index >= 15 is 9.59 Å². The first-order chi connectivity index (χ1) is 24.2. The number of rotatable bonds is 7. The molecule has 1 saturated heterocycles. The van der Waals surface area contributed by atoms with Gasteiger partial charge in [-0.1, -0.05) is 109 Å². The predicted molar refractivity (Wildman–Crippen MR) is 186 cm³/mol. The number of carboxylic acid groups (broad SMARTS) is 1. The van der Waals surface area contributed by atoms with Crippen LogP contribution in [-0.2, 0) is 29.4 Å². The number of Topliss-reactive ketones (excluding diaryl/α,β-unsaturated/α-hetero) is 1. The molecule has 0 spiro atoms. The Morgan fingerprint density at radius 1 is 0.820 bits per heavy atom. The Morgan fingerprint density at radius 2 is 1.52 bits per heavy atom. The quantitative estimate of drug-likeness (QED) is 0.177. The maximum Gasteiger partial charge on any atom is 0.303 e. The van der Waals surface area contributed by atoms with Crippen LogP contribution in [0.25, 0.3) is 16.3 Å². The first-order valence-corrected chi connectivity index (χ1v) is 17.1. The number of aliphatic carboxylic acids is 1. The largest absolute Gasteiger partial charge is 0.507 e. The van der Waals surface area contributed by atoms with E-state index in [2.05, 4.69) is 0 Å². The van der Waals surface area contributed by atoms with Gasteiger partial charge in [-0.25, -0.2) is 0 Å². The van der Waals surface area contributed by atoms with Gasteiger partial charge in [-0.2, -0.15) is 0 Å². The molecular formula is C42H35NO7. The fraction of sp³-hybridized carbons (Fsp3) is 0.262. The van der Waals surface area contributed by atoms with Gasteiger partial charge in [0.25, 0.3) is 0 Å². The van der Waals surface area contributed by atoms with Crippen molar-refractivity contribution < 1.29 is 34.2 Å². The Bertz CT molecular complexity index is 2150. The molecule has 0 radical (unpaired) electrons. The Kier molecular flexibility index (Phi) is 7.62. The van der Waals surface area contributed by atoms with Crippen molar-refractivity contribution in [3.05, 3.63) is 131 Å². The zero-order valence-electron chi connectivity index (χ0n) is 27.2. The Labute approximate surface area is 288 Å². The third-order valence-electron chi connectivity index (χ3n) is 11.5. The third kappa shape index (κ3) is 4.61. The lowest BCUT2D eigenvalue weighted by atomic mass is 9.44. The summed E-state index contributed by atoms with van der Waals surface area (Å²) in [5.74, 6) is -5.93. The number of likely N-dealkylation sites (tertiary alicyclic amines) is 1. The molecule has 6 unspecified atom stereocenters. The number of fused-ring (bicyclic) bond motifs is 5. The first kappa shape index (κ1) is 31.6. The standard InChI is InChI=1S/C42H35NO7/c44-34-23-31(24-10-3-1-4-11-24)39(48)33-22-32-28(19-20-29-36(32)41(50)43(40(29)49)21-9-16-35(45)46)37(42(33,34)26-13-5-2-6-14-26)30-18-17-25-12-7-8-15-27(25)38(30)47/h1-8,10-15,17-19,23,29,32-33,36-37,47H,9,16,20-22H2,(H,45,46). The summed E-state index contributed by atoms with van der Waals surface area (Å²) in [6, 6.07) is 29.5. The van der Waals surface area contributed by atoms with Crippen molar-refractivity contribution in [1.29, 1.82) is 0 Å². The van der Waals surface area contributed by atoms with Crippen molar-refractivity contribution in [2.75, 3.05) is 6.54 Å². The van der Waals surface area contributed by atoms with Gasteiger partial charge in [-0.3, -0.25) is 28.9 Å². The van der Waals surface area contributed by atoms with Crippen LogP contribution in [-0.4, -0.2) is 51.0 Å². The molecule has 2 amide bonds. The van der Waals surface area contributed by atoms with E-state index < -0.39 is 41.0 Å². The fourth-order valence-corrected chi connectivity index (χ4v) is 9.40. The van der Waals surface area contributed by atoms with Crippen molar-refractivity contribution in [2.45, 2.75) is 37.0 Å². The second kappa shape index (κ2) is 12.1. The van der Waals surface area contributed by atoms with Gasteiger partial charge in [-0.05, 0) is 47.8 Å². The minimum atomic E-state index is -1.45. The second-order valence-corrected chi connectivity index (χ2v) is 13.8. The summed E-state index contributed by atoms with van der Waals surface area (Å²) in [5.41, 5.74) is 1.38. The number of amides is 2. The number of carbonyl (C=O) groups is 5. The lowest BCUT2D eigenvalue weighted by molar-refractivity contribution is -0.142. The van der Waals surface area contributed by atoms with Gasteiger partial charge in [0.05, 0.1) is 17.3 Å². The number of imide groups is 1. The SMILES string of the molecule is O=C(O)CCCN1C(=O)C2CC=C3C(CC4C(=O)C(c5ccccc5)=CC(=O)C4(c4ccccc4)C3c3ccc4ccccc4c3O)C2C1=O. The molecule has 0 aromatic heterocycles. The Balaban J connectivity index is 1.36. The number of aromatic hydroxyl groups is 1. The molecule has 4 aromatic rings. The number of hydrogen-bond acceptors (Lipinski definition) is 6. The van der Waals surface area contributed by atoms with Crippen LogP contribution in [0, 0.1) is 23.7 Å². The summed E-state index contributed by atoms with van der Waals surface area (Å²) >= 11 is 0. The molecule has 6 atom stereocenters. The number of carbonyl (C=O) groups excluding carboxylic acids is 4. The summed E-state index contributed by atoms with van der Waals surface area (Å²) in [5, 5.41) is 22.7. The topological polar surface area (TPSA) is 129 Å². The molecule has 250 valence electrons. The molecule has 1 saturated carbocycles. The molecular weight excluding hydrogens is 630 g/mol. The van der Waals surface area contributed by atoms with E-state index in [-0.39, 0.29) is 61.4 Å². The molecule has 50 heavy (non-hydrogen) atoms. The van der Waals surface area contributed by atoms with Crippen LogP contribution in [0.5, 0.6) is 5.75 Å². The smallest absolute Gasteiger partial charge is 0.303 e. The molecule has 4 aliphatic rings. The number of phenolic OH excluding ortho intramolecular Hbond substituents is 1. The van der Waals surface area contributed by atoms with Crippen LogP contribution < -0.4 is 0 Å².